The second-order valence-electron chi connectivity index (χ2n) is 14.1. The molecule has 0 bridgehead atoms. The van der Waals surface area contributed by atoms with E-state index in [1.54, 1.807) is 0 Å². The van der Waals surface area contributed by atoms with Crippen LogP contribution >= 0.6 is 10.0 Å². The fourth-order valence-electron chi connectivity index (χ4n) is 8.42. The highest BCUT2D eigenvalue weighted by atomic mass is 32.3. The van der Waals surface area contributed by atoms with Gasteiger partial charge in [-0.05, 0) is 100 Å². The number of hydrogen-bond donors (Lipinski definition) is 0. The molecule has 0 amide bonds. The highest BCUT2D eigenvalue weighted by Crippen LogP contribution is 2.80. The second-order valence-corrected chi connectivity index (χ2v) is 17.1. The molecular weight excluding hydrogens is 695 g/mol. The number of nitrogens with zero attached hydrogens (tertiary/aromatic N) is 1. The van der Waals surface area contributed by atoms with E-state index in [9.17, 15) is 0 Å². The van der Waals surface area contributed by atoms with Gasteiger partial charge in [0.15, 0.2) is 0 Å². The van der Waals surface area contributed by atoms with Crippen molar-refractivity contribution in [3.8, 4) is 44.5 Å². The number of benzene rings is 9. The average Bonchev–Trinajstić information content (AvgIpc) is 3.60. The molecule has 0 spiro atoms. The van der Waals surface area contributed by atoms with E-state index in [0.29, 0.717) is 0 Å². The van der Waals surface area contributed by atoms with E-state index in [0.717, 1.165) is 17.1 Å². The Balaban J connectivity index is 1.28. The summed E-state index contributed by atoms with van der Waals surface area (Å²) < 4.78 is 0. The number of hydrogen-bond acceptors (Lipinski definition) is 1. The van der Waals surface area contributed by atoms with E-state index < -0.39 is 10.0 Å². The van der Waals surface area contributed by atoms with Crippen molar-refractivity contribution in [3.63, 3.8) is 0 Å². The first kappa shape index (κ1) is 33.7. The van der Waals surface area contributed by atoms with Crippen LogP contribution < -0.4 is 4.90 Å². The lowest BCUT2D eigenvalue weighted by Gasteiger charge is -2.39. The second kappa shape index (κ2) is 14.4. The molecule has 0 fully saturated rings. The van der Waals surface area contributed by atoms with Crippen LogP contribution in [0.1, 0.15) is 0 Å². The quantitative estimate of drug-likeness (QED) is 0.150. The molecule has 2 heteroatoms. The third kappa shape index (κ3) is 5.66. The maximum Gasteiger partial charge on any atom is 0.0551 e. The number of anilines is 3. The average molecular weight is 734 g/mol. The predicted molar refractivity (Wildman–Crippen MR) is 236 cm³/mol. The van der Waals surface area contributed by atoms with E-state index in [-0.39, 0.29) is 0 Å². The molecular formula is C54H39NS. The first-order valence-corrected chi connectivity index (χ1v) is 20.8. The summed E-state index contributed by atoms with van der Waals surface area (Å²) in [6, 6.07) is 86.7. The smallest absolute Gasteiger partial charge is 0.0551 e. The Morgan fingerprint density at radius 1 is 0.286 bits per heavy atom. The first-order chi connectivity index (χ1) is 27.8. The van der Waals surface area contributed by atoms with E-state index >= 15 is 0 Å². The van der Waals surface area contributed by atoms with Gasteiger partial charge in [-0.25, -0.2) is 0 Å². The largest absolute Gasteiger partial charge is 0.309 e. The lowest BCUT2D eigenvalue weighted by Crippen LogP contribution is -2.13. The summed E-state index contributed by atoms with van der Waals surface area (Å²) in [6.45, 7) is 0. The summed E-state index contributed by atoms with van der Waals surface area (Å²) in [4.78, 5) is 7.92. The maximum absolute atomic E-state index is 2.51. The van der Waals surface area contributed by atoms with Gasteiger partial charge in [0.2, 0.25) is 0 Å². The van der Waals surface area contributed by atoms with Crippen molar-refractivity contribution in [3.05, 3.63) is 237 Å². The topological polar surface area (TPSA) is 3.24 Å². The summed E-state index contributed by atoms with van der Waals surface area (Å²) in [5.41, 5.74) is 13.1. The maximum atomic E-state index is 2.51. The van der Waals surface area contributed by atoms with Gasteiger partial charge in [-0.3, -0.25) is 0 Å². The SMILES string of the molecule is c1ccc(-c2ccc(N(c3ccc(-c4ccccc4)cc3-c3ccccc3)c3cccc4c3-c3ccccc3S4(c3ccccc3)c3ccccc3)cc2)cc1. The summed E-state index contributed by atoms with van der Waals surface area (Å²) >= 11 is 0. The van der Waals surface area contributed by atoms with Gasteiger partial charge in [-0.2, -0.15) is 0 Å². The predicted octanol–water partition coefficient (Wildman–Crippen LogP) is 15.5. The number of rotatable bonds is 8. The third-order valence-electron chi connectivity index (χ3n) is 10.9. The molecule has 266 valence electrons. The molecule has 0 N–H and O–H groups in total. The van der Waals surface area contributed by atoms with Crippen molar-refractivity contribution in [2.75, 3.05) is 4.90 Å². The van der Waals surface area contributed by atoms with Gasteiger partial charge in [0.25, 0.3) is 0 Å². The molecule has 10 rings (SSSR count). The van der Waals surface area contributed by atoms with Crippen molar-refractivity contribution >= 4 is 27.1 Å². The minimum absolute atomic E-state index is 1.10. The van der Waals surface area contributed by atoms with Crippen LogP contribution in [0.2, 0.25) is 0 Å². The Bertz CT molecular complexity index is 2730. The monoisotopic (exact) mass is 733 g/mol. The Hall–Kier alpha value is -6.87. The van der Waals surface area contributed by atoms with Crippen LogP contribution in [-0.2, 0) is 0 Å². The molecule has 1 heterocycles. The normalized spacial score (nSPS) is 13.0. The zero-order valence-corrected chi connectivity index (χ0v) is 31.7. The fraction of sp³-hybridized carbons (Fsp3) is 0. The van der Waals surface area contributed by atoms with Crippen LogP contribution in [-0.4, -0.2) is 0 Å². The van der Waals surface area contributed by atoms with Gasteiger partial charge < -0.3 is 4.90 Å². The minimum atomic E-state index is -1.83. The van der Waals surface area contributed by atoms with Gasteiger partial charge in [0, 0.05) is 36.4 Å². The van der Waals surface area contributed by atoms with E-state index in [2.05, 4.69) is 241 Å². The van der Waals surface area contributed by atoms with Gasteiger partial charge >= 0.3 is 0 Å². The van der Waals surface area contributed by atoms with Gasteiger partial charge in [-0.15, -0.1) is 10.0 Å². The van der Waals surface area contributed by atoms with E-state index in [4.69, 9.17) is 0 Å². The summed E-state index contributed by atoms with van der Waals surface area (Å²) in [7, 11) is -1.83. The van der Waals surface area contributed by atoms with Crippen molar-refractivity contribution in [1.82, 2.24) is 0 Å². The highest BCUT2D eigenvalue weighted by molar-refractivity contribution is 8.34. The van der Waals surface area contributed by atoms with E-state index in [1.165, 1.54) is 64.1 Å². The van der Waals surface area contributed by atoms with Crippen LogP contribution in [0.5, 0.6) is 0 Å². The molecule has 0 aliphatic carbocycles. The zero-order chi connectivity index (χ0) is 37.3. The third-order valence-corrected chi connectivity index (χ3v) is 14.9. The lowest BCUT2D eigenvalue weighted by atomic mass is 9.95. The highest BCUT2D eigenvalue weighted by Gasteiger charge is 2.43. The van der Waals surface area contributed by atoms with Crippen LogP contribution in [0, 0.1) is 0 Å². The summed E-state index contributed by atoms with van der Waals surface area (Å²) in [5, 5.41) is 0. The van der Waals surface area contributed by atoms with Gasteiger partial charge in [-0.1, -0.05) is 170 Å². The first-order valence-electron chi connectivity index (χ1n) is 19.2. The molecule has 1 aliphatic heterocycles. The van der Waals surface area contributed by atoms with Crippen molar-refractivity contribution in [2.45, 2.75) is 19.6 Å². The van der Waals surface area contributed by atoms with Crippen molar-refractivity contribution in [1.29, 1.82) is 0 Å². The standard InChI is InChI=1S/C54H39NS/c1-6-19-40(20-7-1)42-33-36-45(37-34-42)55(50-38-35-44(41-21-8-2-9-22-41)39-49(50)43-23-10-3-11-24-43)51-30-18-32-53-54(51)48-29-16-17-31-52(48)56(53,46-25-12-4-13-26-46)47-27-14-5-15-28-47/h1-39H. The molecule has 9 aromatic rings. The van der Waals surface area contributed by atoms with Crippen molar-refractivity contribution in [2.24, 2.45) is 0 Å². The van der Waals surface area contributed by atoms with Crippen LogP contribution in [0.15, 0.2) is 256 Å². The molecule has 56 heavy (non-hydrogen) atoms. The minimum Gasteiger partial charge on any atom is -0.309 e. The molecule has 0 saturated heterocycles. The Morgan fingerprint density at radius 3 is 1.36 bits per heavy atom. The summed E-state index contributed by atoms with van der Waals surface area (Å²) in [5.74, 6) is 0. The molecule has 0 aromatic heterocycles. The Kier molecular flexibility index (Phi) is 8.67. The van der Waals surface area contributed by atoms with E-state index in [1.807, 2.05) is 0 Å². The van der Waals surface area contributed by atoms with Crippen LogP contribution in [0.4, 0.5) is 17.1 Å². The molecule has 0 unspecified atom stereocenters. The summed E-state index contributed by atoms with van der Waals surface area (Å²) in [6.07, 6.45) is 0. The Labute approximate surface area is 331 Å². The Morgan fingerprint density at radius 2 is 0.750 bits per heavy atom. The molecule has 0 radical (unpaired) electrons. The zero-order valence-electron chi connectivity index (χ0n) is 30.9. The van der Waals surface area contributed by atoms with Gasteiger partial charge in [0.1, 0.15) is 0 Å². The fourth-order valence-corrected chi connectivity index (χ4v) is 12.7. The van der Waals surface area contributed by atoms with Crippen molar-refractivity contribution < 1.29 is 0 Å². The lowest BCUT2D eigenvalue weighted by molar-refractivity contribution is 1.26. The van der Waals surface area contributed by atoms with Crippen LogP contribution in [0.3, 0.4) is 0 Å². The van der Waals surface area contributed by atoms with Crippen LogP contribution in [0.25, 0.3) is 44.5 Å². The number of fused-ring (bicyclic) bond motifs is 3. The molecule has 0 atom stereocenters. The molecule has 1 aliphatic rings. The molecule has 0 saturated carbocycles. The van der Waals surface area contributed by atoms with Gasteiger partial charge in [0.05, 0.1) is 11.4 Å². The molecule has 1 nitrogen and oxygen atoms in total. The molecule has 9 aromatic carbocycles.